The highest BCUT2D eigenvalue weighted by Gasteiger charge is 2.29. The second-order valence-electron chi connectivity index (χ2n) is 5.35. The molecule has 0 bridgehead atoms. The number of hydrogen-bond acceptors (Lipinski definition) is 6. The average molecular weight is 333 g/mol. The highest BCUT2D eigenvalue weighted by Crippen LogP contribution is 2.41. The third-order valence-electron chi connectivity index (χ3n) is 3.19. The van der Waals surface area contributed by atoms with Crippen molar-refractivity contribution in [1.29, 1.82) is 0 Å². The summed E-state index contributed by atoms with van der Waals surface area (Å²) in [6, 6.07) is 0. The second-order valence-corrected chi connectivity index (χ2v) is 8.57. The lowest BCUT2D eigenvalue weighted by Gasteiger charge is -2.20. The predicted molar refractivity (Wildman–Crippen MR) is 87.7 cm³/mol. The van der Waals surface area contributed by atoms with Crippen molar-refractivity contribution in [2.24, 2.45) is 11.7 Å². The first-order valence-corrected chi connectivity index (χ1v) is 9.24. The fourth-order valence-corrected chi connectivity index (χ4v) is 4.52. The molecular formula is C13H23N3O3S2. The number of nitrogen functional groups attached to an aromatic ring is 1. The van der Waals surface area contributed by atoms with Gasteiger partial charge in [0.05, 0.1) is 11.4 Å². The number of primary amides is 1. The van der Waals surface area contributed by atoms with Crippen LogP contribution in [0.1, 0.15) is 36.9 Å². The van der Waals surface area contributed by atoms with E-state index in [2.05, 4.69) is 13.8 Å². The Hall–Kier alpha value is -1.28. The van der Waals surface area contributed by atoms with Crippen molar-refractivity contribution in [3.8, 4) is 0 Å². The number of amides is 1. The van der Waals surface area contributed by atoms with Gasteiger partial charge >= 0.3 is 0 Å². The lowest BCUT2D eigenvalue weighted by molar-refractivity contribution is 0.100. The minimum absolute atomic E-state index is 0.0271. The first kappa shape index (κ1) is 17.8. The van der Waals surface area contributed by atoms with Crippen LogP contribution in [0.3, 0.4) is 0 Å². The topological polar surface area (TPSA) is 106 Å². The van der Waals surface area contributed by atoms with Crippen LogP contribution in [0.25, 0.3) is 0 Å². The number of thiophene rings is 1. The van der Waals surface area contributed by atoms with Gasteiger partial charge in [0.1, 0.15) is 14.8 Å². The molecule has 21 heavy (non-hydrogen) atoms. The van der Waals surface area contributed by atoms with Crippen LogP contribution < -0.4 is 16.4 Å². The molecule has 0 aliphatic carbocycles. The number of nitrogens with zero attached hydrogens (tertiary/aromatic N) is 1. The van der Waals surface area contributed by atoms with E-state index in [1.54, 1.807) is 14.0 Å². The zero-order valence-electron chi connectivity index (χ0n) is 12.8. The lowest BCUT2D eigenvalue weighted by Crippen LogP contribution is -2.21. The van der Waals surface area contributed by atoms with Gasteiger partial charge in [0.25, 0.3) is 5.91 Å². The smallest absolute Gasteiger partial charge is 0.261 e. The summed E-state index contributed by atoms with van der Waals surface area (Å²) in [5.74, 6) is -0.280. The van der Waals surface area contributed by atoms with E-state index in [1.807, 2.05) is 4.90 Å². The Balaban J connectivity index is 3.36. The molecule has 120 valence electrons. The minimum atomic E-state index is -3.52. The molecule has 4 N–H and O–H groups in total. The summed E-state index contributed by atoms with van der Waals surface area (Å²) < 4.78 is 24.5. The standard InChI is InChI=1S/C13H23N3O3S2/c1-5-21(18,19)11-9(14)10(12(15)17)20-13(11)16(4)7-6-8(2)3/h8H,5-7,14H2,1-4H3,(H2,15,17). The first-order chi connectivity index (χ1) is 9.61. The van der Waals surface area contributed by atoms with E-state index in [0.717, 1.165) is 17.8 Å². The quantitative estimate of drug-likeness (QED) is 0.790. The molecule has 0 radical (unpaired) electrons. The number of carbonyl (C=O) groups is 1. The zero-order valence-corrected chi connectivity index (χ0v) is 14.5. The molecule has 0 saturated carbocycles. The van der Waals surface area contributed by atoms with Gasteiger partial charge in [-0.2, -0.15) is 0 Å². The van der Waals surface area contributed by atoms with E-state index < -0.39 is 15.7 Å². The molecule has 1 rings (SSSR count). The van der Waals surface area contributed by atoms with Gasteiger partial charge in [0.2, 0.25) is 0 Å². The van der Waals surface area contributed by atoms with E-state index >= 15 is 0 Å². The van der Waals surface area contributed by atoms with Crippen LogP contribution in [-0.4, -0.2) is 33.7 Å². The highest BCUT2D eigenvalue weighted by molar-refractivity contribution is 7.92. The van der Waals surface area contributed by atoms with Crippen molar-refractivity contribution in [2.45, 2.75) is 32.1 Å². The molecule has 0 unspecified atom stereocenters. The van der Waals surface area contributed by atoms with Crippen LogP contribution in [0, 0.1) is 5.92 Å². The molecule has 1 amide bonds. The van der Waals surface area contributed by atoms with Gasteiger partial charge in [-0.1, -0.05) is 20.8 Å². The summed E-state index contributed by atoms with van der Waals surface area (Å²) >= 11 is 1.04. The zero-order chi connectivity index (χ0) is 16.4. The monoisotopic (exact) mass is 333 g/mol. The largest absolute Gasteiger partial charge is 0.396 e. The molecule has 1 aromatic rings. The summed E-state index contributed by atoms with van der Waals surface area (Å²) in [4.78, 5) is 13.4. The Labute approximate surface area is 130 Å². The molecule has 8 heteroatoms. The third kappa shape index (κ3) is 3.88. The van der Waals surface area contributed by atoms with Crippen molar-refractivity contribution < 1.29 is 13.2 Å². The molecule has 0 aliphatic rings. The Morgan fingerprint density at radius 1 is 1.38 bits per heavy atom. The number of nitrogens with two attached hydrogens (primary N) is 2. The van der Waals surface area contributed by atoms with Gasteiger partial charge in [-0.25, -0.2) is 8.42 Å². The molecule has 0 aliphatic heterocycles. The van der Waals surface area contributed by atoms with Crippen LogP contribution in [0.15, 0.2) is 4.90 Å². The Kier molecular flexibility index (Phi) is 5.63. The van der Waals surface area contributed by atoms with Crippen molar-refractivity contribution >= 4 is 37.8 Å². The maximum Gasteiger partial charge on any atom is 0.261 e. The molecule has 0 saturated heterocycles. The van der Waals surface area contributed by atoms with Gasteiger partial charge in [-0.05, 0) is 12.3 Å². The Bertz CT molecular complexity index is 621. The molecule has 0 fully saturated rings. The molecule has 0 spiro atoms. The number of sulfone groups is 1. The number of hydrogen-bond donors (Lipinski definition) is 2. The Morgan fingerprint density at radius 2 is 1.95 bits per heavy atom. The molecule has 0 atom stereocenters. The fourth-order valence-electron chi connectivity index (χ4n) is 1.85. The van der Waals surface area contributed by atoms with E-state index in [-0.39, 0.29) is 21.2 Å². The van der Waals surface area contributed by atoms with Crippen LogP contribution in [-0.2, 0) is 9.84 Å². The summed E-state index contributed by atoms with van der Waals surface area (Å²) in [7, 11) is -1.72. The van der Waals surface area contributed by atoms with E-state index in [4.69, 9.17) is 11.5 Å². The average Bonchev–Trinajstić information content (AvgIpc) is 2.74. The Morgan fingerprint density at radius 3 is 2.38 bits per heavy atom. The molecule has 1 heterocycles. The highest BCUT2D eigenvalue weighted by atomic mass is 32.2. The number of carbonyl (C=O) groups excluding carboxylic acids is 1. The summed E-state index contributed by atoms with van der Waals surface area (Å²) in [5.41, 5.74) is 11.1. The predicted octanol–water partition coefficient (Wildman–Crippen LogP) is 1.71. The van der Waals surface area contributed by atoms with E-state index in [9.17, 15) is 13.2 Å². The van der Waals surface area contributed by atoms with Crippen LogP contribution >= 0.6 is 11.3 Å². The normalized spacial score (nSPS) is 11.9. The van der Waals surface area contributed by atoms with Crippen molar-refractivity contribution in [3.05, 3.63) is 4.88 Å². The summed E-state index contributed by atoms with van der Waals surface area (Å²) in [5, 5.41) is 0.490. The van der Waals surface area contributed by atoms with Gasteiger partial charge in [-0.15, -0.1) is 11.3 Å². The maximum atomic E-state index is 12.3. The lowest BCUT2D eigenvalue weighted by atomic mass is 10.1. The van der Waals surface area contributed by atoms with Gasteiger partial charge < -0.3 is 16.4 Å². The van der Waals surface area contributed by atoms with Gasteiger partial charge in [0, 0.05) is 13.6 Å². The molecule has 0 aromatic carbocycles. The van der Waals surface area contributed by atoms with Crippen molar-refractivity contribution in [2.75, 3.05) is 30.0 Å². The van der Waals surface area contributed by atoms with Crippen molar-refractivity contribution in [1.82, 2.24) is 0 Å². The number of rotatable bonds is 7. The maximum absolute atomic E-state index is 12.3. The summed E-state index contributed by atoms with van der Waals surface area (Å²) in [6.45, 7) is 6.42. The second kappa shape index (κ2) is 6.65. The molecule has 6 nitrogen and oxygen atoms in total. The molecular weight excluding hydrogens is 310 g/mol. The first-order valence-electron chi connectivity index (χ1n) is 6.77. The van der Waals surface area contributed by atoms with Crippen LogP contribution in [0.5, 0.6) is 0 Å². The van der Waals surface area contributed by atoms with Gasteiger partial charge in [0.15, 0.2) is 9.84 Å². The fraction of sp³-hybridized carbons (Fsp3) is 0.615. The molecule has 1 aromatic heterocycles. The summed E-state index contributed by atoms with van der Waals surface area (Å²) in [6.07, 6.45) is 0.909. The minimum Gasteiger partial charge on any atom is -0.396 e. The van der Waals surface area contributed by atoms with Gasteiger partial charge in [-0.3, -0.25) is 4.79 Å². The van der Waals surface area contributed by atoms with Crippen LogP contribution in [0.4, 0.5) is 10.7 Å². The van der Waals surface area contributed by atoms with Crippen molar-refractivity contribution in [3.63, 3.8) is 0 Å². The SMILES string of the molecule is CCS(=O)(=O)c1c(N(C)CCC(C)C)sc(C(N)=O)c1N. The van der Waals surface area contributed by atoms with E-state index in [0.29, 0.717) is 17.5 Å². The van der Waals surface area contributed by atoms with Crippen LogP contribution in [0.2, 0.25) is 0 Å². The van der Waals surface area contributed by atoms with E-state index in [1.165, 1.54) is 0 Å². The number of anilines is 2. The third-order valence-corrected chi connectivity index (χ3v) is 6.44.